The fraction of sp³-hybridized carbons (Fsp3) is 0.875. The van der Waals surface area contributed by atoms with Crippen molar-refractivity contribution in [3.05, 3.63) is 0 Å². The number of hydrogen-bond acceptors (Lipinski definition) is 3. The molecule has 0 aromatic heterocycles. The Balaban J connectivity index is 2.36. The van der Waals surface area contributed by atoms with E-state index in [0.717, 1.165) is 25.7 Å². The number of hydrogen-bond donors (Lipinski definition) is 2. The van der Waals surface area contributed by atoms with E-state index in [1.165, 1.54) is 0 Å². The maximum absolute atomic E-state index is 12.1. The zero-order valence-corrected chi connectivity index (χ0v) is 14.2. The lowest BCUT2D eigenvalue weighted by Gasteiger charge is -2.35. The summed E-state index contributed by atoms with van der Waals surface area (Å²) in [6, 6.07) is -0.372. The Hall–Kier alpha value is -1.26. The highest BCUT2D eigenvalue weighted by molar-refractivity contribution is 5.85. The molecule has 122 valence electrons. The minimum absolute atomic E-state index is 0.148. The van der Waals surface area contributed by atoms with Gasteiger partial charge in [0.25, 0.3) is 0 Å². The standard InChI is InChI=1S/C16H30N2O3/c1-11(17-14(20)21-15(2,3)4)13(19)18-12-7-9-16(5,6)10-8-12/h11-12H,7-10H2,1-6H3,(H,17,20)(H,18,19). The quantitative estimate of drug-likeness (QED) is 0.841. The van der Waals surface area contributed by atoms with E-state index in [2.05, 4.69) is 24.5 Å². The summed E-state index contributed by atoms with van der Waals surface area (Å²) in [4.78, 5) is 23.7. The van der Waals surface area contributed by atoms with Crippen LogP contribution >= 0.6 is 0 Å². The van der Waals surface area contributed by atoms with Crippen LogP contribution in [0.4, 0.5) is 4.79 Å². The molecule has 0 aromatic carbocycles. The zero-order chi connectivity index (χ0) is 16.3. The number of rotatable bonds is 3. The van der Waals surface area contributed by atoms with E-state index in [9.17, 15) is 9.59 Å². The monoisotopic (exact) mass is 298 g/mol. The van der Waals surface area contributed by atoms with E-state index in [0.29, 0.717) is 5.41 Å². The van der Waals surface area contributed by atoms with E-state index in [1.807, 2.05) is 0 Å². The van der Waals surface area contributed by atoms with Crippen LogP contribution in [0.15, 0.2) is 0 Å². The largest absolute Gasteiger partial charge is 0.444 e. The third-order valence-electron chi connectivity index (χ3n) is 3.81. The molecule has 5 heteroatoms. The smallest absolute Gasteiger partial charge is 0.408 e. The van der Waals surface area contributed by atoms with Gasteiger partial charge in [0.2, 0.25) is 5.91 Å². The fourth-order valence-corrected chi connectivity index (χ4v) is 2.42. The highest BCUT2D eigenvalue weighted by atomic mass is 16.6. The molecule has 1 aliphatic carbocycles. The van der Waals surface area contributed by atoms with Gasteiger partial charge in [0.15, 0.2) is 0 Å². The molecule has 2 amide bonds. The van der Waals surface area contributed by atoms with Gasteiger partial charge < -0.3 is 15.4 Å². The molecule has 0 spiro atoms. The van der Waals surface area contributed by atoms with Crippen LogP contribution in [-0.4, -0.2) is 29.7 Å². The second-order valence-corrected chi connectivity index (χ2v) is 7.81. The molecule has 0 aliphatic heterocycles. The van der Waals surface area contributed by atoms with Crippen LogP contribution in [0.5, 0.6) is 0 Å². The minimum Gasteiger partial charge on any atom is -0.444 e. The molecule has 0 bridgehead atoms. The molecule has 1 atom stereocenters. The average molecular weight is 298 g/mol. The zero-order valence-electron chi connectivity index (χ0n) is 14.2. The molecule has 1 saturated carbocycles. The first-order valence-electron chi connectivity index (χ1n) is 7.78. The molecule has 0 saturated heterocycles. The van der Waals surface area contributed by atoms with Gasteiger partial charge in [-0.2, -0.15) is 0 Å². The minimum atomic E-state index is -0.588. The van der Waals surface area contributed by atoms with Crippen LogP contribution in [0.2, 0.25) is 0 Å². The highest BCUT2D eigenvalue weighted by Gasteiger charge is 2.29. The maximum Gasteiger partial charge on any atom is 0.408 e. The summed E-state index contributed by atoms with van der Waals surface area (Å²) in [6.45, 7) is 11.6. The van der Waals surface area contributed by atoms with Crippen molar-refractivity contribution in [3.8, 4) is 0 Å². The summed E-state index contributed by atoms with van der Waals surface area (Å²) in [5.41, 5.74) is -0.184. The van der Waals surface area contributed by atoms with Gasteiger partial charge in [0.05, 0.1) is 0 Å². The van der Waals surface area contributed by atoms with Crippen molar-refractivity contribution < 1.29 is 14.3 Å². The number of carbonyl (C=O) groups excluding carboxylic acids is 2. The molecule has 0 aromatic rings. The summed E-state index contributed by atoms with van der Waals surface area (Å²) in [5, 5.41) is 5.58. The highest BCUT2D eigenvalue weighted by Crippen LogP contribution is 2.34. The Bertz CT molecular complexity index is 375. The molecule has 5 nitrogen and oxygen atoms in total. The van der Waals surface area contributed by atoms with Crippen molar-refractivity contribution in [1.82, 2.24) is 10.6 Å². The van der Waals surface area contributed by atoms with Crippen LogP contribution in [0.3, 0.4) is 0 Å². The SMILES string of the molecule is CC(NC(=O)OC(C)(C)C)C(=O)NC1CCC(C)(C)CC1. The summed E-state index contributed by atoms with van der Waals surface area (Å²) in [6.07, 6.45) is 3.67. The van der Waals surface area contributed by atoms with Crippen LogP contribution in [0.1, 0.15) is 67.2 Å². The topological polar surface area (TPSA) is 67.4 Å². The van der Waals surface area contributed by atoms with Gasteiger partial charge in [-0.1, -0.05) is 13.8 Å². The van der Waals surface area contributed by atoms with Gasteiger partial charge in [0.1, 0.15) is 11.6 Å². The molecule has 1 aliphatic rings. The number of amides is 2. The van der Waals surface area contributed by atoms with E-state index in [1.54, 1.807) is 27.7 Å². The summed E-state index contributed by atoms with van der Waals surface area (Å²) >= 11 is 0. The number of ether oxygens (including phenoxy) is 1. The van der Waals surface area contributed by atoms with Gasteiger partial charge in [-0.05, 0) is 58.8 Å². The predicted molar refractivity (Wildman–Crippen MR) is 83.0 cm³/mol. The van der Waals surface area contributed by atoms with E-state index in [-0.39, 0.29) is 11.9 Å². The van der Waals surface area contributed by atoms with Gasteiger partial charge in [-0.25, -0.2) is 4.79 Å². The Morgan fingerprint density at radius 3 is 2.19 bits per heavy atom. The predicted octanol–water partition coefficient (Wildman–Crippen LogP) is 2.98. The van der Waals surface area contributed by atoms with Gasteiger partial charge in [-0.3, -0.25) is 4.79 Å². The van der Waals surface area contributed by atoms with Crippen LogP contribution in [0.25, 0.3) is 0 Å². The van der Waals surface area contributed by atoms with E-state index in [4.69, 9.17) is 4.74 Å². The molecular weight excluding hydrogens is 268 g/mol. The van der Waals surface area contributed by atoms with Crippen molar-refractivity contribution in [2.24, 2.45) is 5.41 Å². The Labute approximate surface area is 128 Å². The van der Waals surface area contributed by atoms with Gasteiger partial charge in [0, 0.05) is 6.04 Å². The molecule has 21 heavy (non-hydrogen) atoms. The van der Waals surface area contributed by atoms with Gasteiger partial charge >= 0.3 is 6.09 Å². The number of nitrogens with one attached hydrogen (secondary N) is 2. The van der Waals surface area contributed by atoms with E-state index >= 15 is 0 Å². The fourth-order valence-electron chi connectivity index (χ4n) is 2.42. The van der Waals surface area contributed by atoms with Crippen molar-refractivity contribution in [2.45, 2.75) is 84.9 Å². The normalized spacial score (nSPS) is 20.5. The number of carbonyl (C=O) groups is 2. The van der Waals surface area contributed by atoms with Crippen molar-refractivity contribution in [3.63, 3.8) is 0 Å². The molecule has 0 radical (unpaired) electrons. The molecule has 1 fully saturated rings. The van der Waals surface area contributed by atoms with Crippen LogP contribution < -0.4 is 10.6 Å². The second-order valence-electron chi connectivity index (χ2n) is 7.81. The van der Waals surface area contributed by atoms with Crippen molar-refractivity contribution in [1.29, 1.82) is 0 Å². The lowest BCUT2D eigenvalue weighted by atomic mass is 9.75. The van der Waals surface area contributed by atoms with E-state index < -0.39 is 17.7 Å². The Morgan fingerprint density at radius 2 is 1.71 bits per heavy atom. The molecule has 2 N–H and O–H groups in total. The molecule has 1 unspecified atom stereocenters. The van der Waals surface area contributed by atoms with Crippen LogP contribution in [0, 0.1) is 5.41 Å². The summed E-state index contributed by atoms with van der Waals surface area (Å²) in [5.74, 6) is -0.148. The third-order valence-corrected chi connectivity index (χ3v) is 3.81. The summed E-state index contributed by atoms with van der Waals surface area (Å²) in [7, 11) is 0. The lowest BCUT2D eigenvalue weighted by molar-refractivity contribution is -0.123. The average Bonchev–Trinajstić information content (AvgIpc) is 2.29. The molecule has 1 rings (SSSR count). The van der Waals surface area contributed by atoms with Gasteiger partial charge in [-0.15, -0.1) is 0 Å². The second kappa shape index (κ2) is 6.67. The first kappa shape index (κ1) is 17.8. The summed E-state index contributed by atoms with van der Waals surface area (Å²) < 4.78 is 5.15. The Kier molecular flexibility index (Phi) is 5.65. The molecule has 0 heterocycles. The van der Waals surface area contributed by atoms with Crippen molar-refractivity contribution in [2.75, 3.05) is 0 Å². The Morgan fingerprint density at radius 1 is 1.19 bits per heavy atom. The third kappa shape index (κ3) is 6.82. The maximum atomic E-state index is 12.1. The van der Waals surface area contributed by atoms with Crippen LogP contribution in [-0.2, 0) is 9.53 Å². The van der Waals surface area contributed by atoms with Crippen molar-refractivity contribution >= 4 is 12.0 Å². The first-order chi connectivity index (χ1) is 9.48. The lowest BCUT2D eigenvalue weighted by Crippen LogP contribution is -2.50. The molecular formula is C16H30N2O3. The number of alkyl carbamates (subject to hydrolysis) is 1. The first-order valence-corrected chi connectivity index (χ1v) is 7.78.